The standard InChI is InChI=1S/C11H13Br2N3O2/c1-6(10(17)16-11(18)14-2)15-9-5-7(12)3-4-8(9)13/h3-6,15H,1-2H3,(H2,14,16,17,18). The molecule has 0 heterocycles. The van der Waals surface area contributed by atoms with E-state index in [1.807, 2.05) is 18.2 Å². The number of carbonyl (C=O) groups is 2. The molecule has 1 atom stereocenters. The van der Waals surface area contributed by atoms with Gasteiger partial charge in [0.2, 0.25) is 5.91 Å². The summed E-state index contributed by atoms with van der Waals surface area (Å²) in [5.41, 5.74) is 0.768. The van der Waals surface area contributed by atoms with Gasteiger partial charge in [-0.2, -0.15) is 0 Å². The third-order valence-electron chi connectivity index (χ3n) is 2.16. The number of benzene rings is 1. The van der Waals surface area contributed by atoms with E-state index in [1.165, 1.54) is 7.05 Å². The second-order valence-corrected chi connectivity index (χ2v) is 5.33. The first-order valence-corrected chi connectivity index (χ1v) is 6.76. The summed E-state index contributed by atoms with van der Waals surface area (Å²) in [5.74, 6) is -0.402. The summed E-state index contributed by atoms with van der Waals surface area (Å²) in [6.45, 7) is 1.67. The maximum absolute atomic E-state index is 11.7. The van der Waals surface area contributed by atoms with E-state index in [2.05, 4.69) is 47.8 Å². The lowest BCUT2D eigenvalue weighted by Crippen LogP contribution is -2.44. The highest BCUT2D eigenvalue weighted by Crippen LogP contribution is 2.26. The smallest absolute Gasteiger partial charge is 0.321 e. The van der Waals surface area contributed by atoms with Gasteiger partial charge in [-0.1, -0.05) is 15.9 Å². The van der Waals surface area contributed by atoms with Crippen molar-refractivity contribution < 1.29 is 9.59 Å². The van der Waals surface area contributed by atoms with E-state index in [9.17, 15) is 9.59 Å². The molecule has 0 aliphatic carbocycles. The lowest BCUT2D eigenvalue weighted by molar-refractivity contribution is -0.120. The molecule has 1 rings (SSSR count). The van der Waals surface area contributed by atoms with Crippen molar-refractivity contribution in [1.29, 1.82) is 0 Å². The Hall–Kier alpha value is -1.08. The molecule has 1 aromatic carbocycles. The molecule has 18 heavy (non-hydrogen) atoms. The van der Waals surface area contributed by atoms with Crippen LogP contribution in [-0.2, 0) is 4.79 Å². The van der Waals surface area contributed by atoms with Crippen molar-refractivity contribution in [1.82, 2.24) is 10.6 Å². The van der Waals surface area contributed by atoms with Gasteiger partial charge in [-0.3, -0.25) is 10.1 Å². The van der Waals surface area contributed by atoms with Gasteiger partial charge in [-0.05, 0) is 41.1 Å². The van der Waals surface area contributed by atoms with Gasteiger partial charge in [0.25, 0.3) is 0 Å². The molecule has 0 saturated carbocycles. The van der Waals surface area contributed by atoms with E-state index in [1.54, 1.807) is 6.92 Å². The van der Waals surface area contributed by atoms with Crippen LogP contribution in [0.4, 0.5) is 10.5 Å². The molecule has 0 spiro atoms. The molecular formula is C11H13Br2N3O2. The Bertz CT molecular complexity index is 466. The van der Waals surface area contributed by atoms with Gasteiger partial charge in [-0.25, -0.2) is 4.79 Å². The topological polar surface area (TPSA) is 70.2 Å². The maximum atomic E-state index is 11.7. The Morgan fingerprint density at radius 3 is 2.56 bits per heavy atom. The molecule has 3 amide bonds. The van der Waals surface area contributed by atoms with Gasteiger partial charge < -0.3 is 10.6 Å². The van der Waals surface area contributed by atoms with E-state index >= 15 is 0 Å². The minimum Gasteiger partial charge on any atom is -0.373 e. The molecule has 0 radical (unpaired) electrons. The molecule has 1 unspecified atom stereocenters. The summed E-state index contributed by atoms with van der Waals surface area (Å²) in [4.78, 5) is 22.7. The summed E-state index contributed by atoms with van der Waals surface area (Å²) in [6, 6.07) is 4.52. The van der Waals surface area contributed by atoms with Gasteiger partial charge in [0.15, 0.2) is 0 Å². The summed E-state index contributed by atoms with van der Waals surface area (Å²) in [6.07, 6.45) is 0. The number of carbonyl (C=O) groups excluding carboxylic acids is 2. The first-order chi connectivity index (χ1) is 8.43. The third kappa shape index (κ3) is 4.30. The van der Waals surface area contributed by atoms with Crippen molar-refractivity contribution in [2.75, 3.05) is 12.4 Å². The second kappa shape index (κ2) is 6.75. The lowest BCUT2D eigenvalue weighted by Gasteiger charge is -2.15. The number of hydrogen-bond donors (Lipinski definition) is 3. The molecule has 5 nitrogen and oxygen atoms in total. The molecule has 0 aliphatic heterocycles. The van der Waals surface area contributed by atoms with Crippen molar-refractivity contribution >= 4 is 49.5 Å². The van der Waals surface area contributed by atoms with Crippen molar-refractivity contribution in [3.63, 3.8) is 0 Å². The van der Waals surface area contributed by atoms with Gasteiger partial charge in [0.1, 0.15) is 6.04 Å². The van der Waals surface area contributed by atoms with Crippen molar-refractivity contribution in [3.05, 3.63) is 27.1 Å². The van der Waals surface area contributed by atoms with Gasteiger partial charge in [-0.15, -0.1) is 0 Å². The van der Waals surface area contributed by atoms with Crippen LogP contribution in [-0.4, -0.2) is 25.0 Å². The van der Waals surface area contributed by atoms with E-state index < -0.39 is 18.0 Å². The third-order valence-corrected chi connectivity index (χ3v) is 3.34. The number of rotatable bonds is 3. The zero-order valence-electron chi connectivity index (χ0n) is 9.88. The Balaban J connectivity index is 2.69. The van der Waals surface area contributed by atoms with E-state index in [4.69, 9.17) is 0 Å². The SMILES string of the molecule is CNC(=O)NC(=O)C(C)Nc1cc(Br)ccc1Br. The highest BCUT2D eigenvalue weighted by molar-refractivity contribution is 9.11. The summed E-state index contributed by atoms with van der Waals surface area (Å²) < 4.78 is 1.73. The fourth-order valence-corrected chi connectivity index (χ4v) is 1.91. The maximum Gasteiger partial charge on any atom is 0.321 e. The van der Waals surface area contributed by atoms with Gasteiger partial charge in [0.05, 0.1) is 5.69 Å². The minimum absolute atomic E-state index is 0.402. The Labute approximate surface area is 122 Å². The van der Waals surface area contributed by atoms with Crippen LogP contribution in [0.25, 0.3) is 0 Å². The molecule has 0 aliphatic rings. The first kappa shape index (κ1) is 15.0. The van der Waals surface area contributed by atoms with E-state index in [-0.39, 0.29) is 0 Å². The fraction of sp³-hybridized carbons (Fsp3) is 0.273. The zero-order valence-corrected chi connectivity index (χ0v) is 13.1. The van der Waals surface area contributed by atoms with Crippen molar-refractivity contribution in [2.45, 2.75) is 13.0 Å². The molecule has 7 heteroatoms. The van der Waals surface area contributed by atoms with Crippen LogP contribution in [0.1, 0.15) is 6.92 Å². The number of hydrogen-bond acceptors (Lipinski definition) is 3. The molecule has 0 fully saturated rings. The van der Waals surface area contributed by atoms with Crippen molar-refractivity contribution in [2.24, 2.45) is 0 Å². The summed E-state index contributed by atoms with van der Waals surface area (Å²) >= 11 is 6.73. The number of nitrogens with one attached hydrogen (secondary N) is 3. The summed E-state index contributed by atoms with van der Waals surface area (Å²) in [7, 11) is 1.45. The fourth-order valence-electron chi connectivity index (χ4n) is 1.19. The Kier molecular flexibility index (Phi) is 5.61. The number of halogens is 2. The normalized spacial score (nSPS) is 11.6. The van der Waals surface area contributed by atoms with Crippen molar-refractivity contribution in [3.8, 4) is 0 Å². The van der Waals surface area contributed by atoms with Gasteiger partial charge in [0, 0.05) is 16.0 Å². The molecule has 98 valence electrons. The Morgan fingerprint density at radius 1 is 1.28 bits per heavy atom. The monoisotopic (exact) mass is 377 g/mol. The highest BCUT2D eigenvalue weighted by atomic mass is 79.9. The van der Waals surface area contributed by atoms with E-state index in [0.29, 0.717) is 0 Å². The highest BCUT2D eigenvalue weighted by Gasteiger charge is 2.15. The second-order valence-electron chi connectivity index (χ2n) is 3.56. The quantitative estimate of drug-likeness (QED) is 0.756. The van der Waals surface area contributed by atoms with Crippen LogP contribution in [0.5, 0.6) is 0 Å². The van der Waals surface area contributed by atoms with Crippen LogP contribution >= 0.6 is 31.9 Å². The largest absolute Gasteiger partial charge is 0.373 e. The van der Waals surface area contributed by atoms with Crippen LogP contribution in [0.3, 0.4) is 0 Å². The average Bonchev–Trinajstić information content (AvgIpc) is 2.33. The van der Waals surface area contributed by atoms with E-state index in [0.717, 1.165) is 14.6 Å². The Morgan fingerprint density at radius 2 is 1.94 bits per heavy atom. The minimum atomic E-state index is -0.534. The predicted molar refractivity (Wildman–Crippen MR) is 77.5 cm³/mol. The lowest BCUT2D eigenvalue weighted by atomic mass is 10.2. The molecule has 1 aromatic rings. The molecule has 0 bridgehead atoms. The number of anilines is 1. The van der Waals surface area contributed by atoms with Crippen LogP contribution in [0.2, 0.25) is 0 Å². The van der Waals surface area contributed by atoms with Gasteiger partial charge >= 0.3 is 6.03 Å². The number of amides is 3. The van der Waals surface area contributed by atoms with Crippen LogP contribution in [0, 0.1) is 0 Å². The average molecular weight is 379 g/mol. The molecule has 3 N–H and O–H groups in total. The molecular weight excluding hydrogens is 366 g/mol. The first-order valence-electron chi connectivity index (χ1n) is 5.18. The summed E-state index contributed by atoms with van der Waals surface area (Å²) in [5, 5.41) is 7.54. The predicted octanol–water partition coefficient (Wildman–Crippen LogP) is 2.47. The number of urea groups is 1. The zero-order chi connectivity index (χ0) is 13.7. The van der Waals surface area contributed by atoms with Crippen LogP contribution < -0.4 is 16.0 Å². The van der Waals surface area contributed by atoms with Crippen LogP contribution in [0.15, 0.2) is 27.1 Å². The molecule has 0 saturated heterocycles. The number of imide groups is 1. The molecule has 0 aromatic heterocycles.